The van der Waals surface area contributed by atoms with E-state index in [0.717, 1.165) is 31.7 Å². The van der Waals surface area contributed by atoms with Crippen LogP contribution >= 0.6 is 12.4 Å². The van der Waals surface area contributed by atoms with Crippen molar-refractivity contribution in [3.63, 3.8) is 0 Å². The maximum Gasteiger partial charge on any atom is 0.223 e. The highest BCUT2D eigenvalue weighted by molar-refractivity contribution is 5.85. The predicted octanol–water partition coefficient (Wildman–Crippen LogP) is 0.490. The Balaban J connectivity index is 0.00000176. The van der Waals surface area contributed by atoms with Crippen LogP contribution in [0.3, 0.4) is 0 Å². The molecule has 3 heterocycles. The molecule has 0 saturated carbocycles. The van der Waals surface area contributed by atoms with Gasteiger partial charge in [0.25, 0.3) is 0 Å². The predicted molar refractivity (Wildman–Crippen MR) is 85.8 cm³/mol. The van der Waals surface area contributed by atoms with Crippen LogP contribution in [0.4, 0.5) is 0 Å². The second-order valence-electron chi connectivity index (χ2n) is 5.60. The number of carbonyl (C=O) groups excluding carboxylic acids is 1. The van der Waals surface area contributed by atoms with Gasteiger partial charge >= 0.3 is 0 Å². The SMILES string of the molecule is Cl.O=C(CCc1cc2n(n1)CCCNC2)N1CC=CC1CO. The minimum atomic E-state index is -0.152. The van der Waals surface area contributed by atoms with Crippen LogP contribution in [0.25, 0.3) is 0 Å². The lowest BCUT2D eigenvalue weighted by atomic mass is 10.2. The van der Waals surface area contributed by atoms with Crippen LogP contribution in [-0.4, -0.2) is 51.4 Å². The van der Waals surface area contributed by atoms with E-state index in [2.05, 4.69) is 16.5 Å². The van der Waals surface area contributed by atoms with Gasteiger partial charge < -0.3 is 15.3 Å². The topological polar surface area (TPSA) is 70.4 Å². The van der Waals surface area contributed by atoms with Crippen LogP contribution in [0.1, 0.15) is 24.2 Å². The van der Waals surface area contributed by atoms with Crippen LogP contribution in [0.15, 0.2) is 18.2 Å². The molecule has 7 heteroatoms. The minimum absolute atomic E-state index is 0. The van der Waals surface area contributed by atoms with Gasteiger partial charge in [-0.25, -0.2) is 0 Å². The monoisotopic (exact) mass is 326 g/mol. The number of nitrogens with zero attached hydrogens (tertiary/aromatic N) is 3. The largest absolute Gasteiger partial charge is 0.394 e. The first-order valence-electron chi connectivity index (χ1n) is 7.61. The lowest BCUT2D eigenvalue weighted by Crippen LogP contribution is -2.38. The van der Waals surface area contributed by atoms with Gasteiger partial charge in [-0.1, -0.05) is 12.2 Å². The second kappa shape index (κ2) is 7.76. The molecule has 0 radical (unpaired) electrons. The number of carbonyl (C=O) groups is 1. The summed E-state index contributed by atoms with van der Waals surface area (Å²) in [5.41, 5.74) is 2.18. The molecule has 2 N–H and O–H groups in total. The van der Waals surface area contributed by atoms with E-state index in [1.54, 1.807) is 4.90 Å². The maximum atomic E-state index is 12.2. The van der Waals surface area contributed by atoms with E-state index < -0.39 is 0 Å². The van der Waals surface area contributed by atoms with Crippen molar-refractivity contribution in [2.75, 3.05) is 19.7 Å². The highest BCUT2D eigenvalue weighted by Gasteiger charge is 2.23. The van der Waals surface area contributed by atoms with Crippen molar-refractivity contribution < 1.29 is 9.90 Å². The number of amides is 1. The zero-order valence-electron chi connectivity index (χ0n) is 12.6. The fraction of sp³-hybridized carbons (Fsp3) is 0.600. The van der Waals surface area contributed by atoms with Gasteiger partial charge in [0.05, 0.1) is 24.0 Å². The first-order valence-corrected chi connectivity index (χ1v) is 7.61. The average molecular weight is 327 g/mol. The van der Waals surface area contributed by atoms with E-state index in [1.807, 2.05) is 16.8 Å². The Bertz CT molecular complexity index is 520. The molecule has 1 aromatic rings. The van der Waals surface area contributed by atoms with Crippen LogP contribution < -0.4 is 5.32 Å². The van der Waals surface area contributed by atoms with Gasteiger partial charge in [-0.15, -0.1) is 12.4 Å². The van der Waals surface area contributed by atoms with Gasteiger partial charge in [0.2, 0.25) is 5.91 Å². The third-order valence-electron chi connectivity index (χ3n) is 4.11. The molecule has 1 atom stereocenters. The summed E-state index contributed by atoms with van der Waals surface area (Å²) in [5.74, 6) is 0.0837. The van der Waals surface area contributed by atoms with Gasteiger partial charge in [0.15, 0.2) is 0 Å². The van der Waals surface area contributed by atoms with Crippen molar-refractivity contribution in [2.45, 2.75) is 38.4 Å². The number of rotatable bonds is 4. The summed E-state index contributed by atoms with van der Waals surface area (Å²) in [5, 5.41) is 17.2. The van der Waals surface area contributed by atoms with Crippen LogP contribution in [-0.2, 0) is 24.3 Å². The molecule has 122 valence electrons. The van der Waals surface area contributed by atoms with Gasteiger partial charge in [0, 0.05) is 32.5 Å². The number of hydrogen-bond acceptors (Lipinski definition) is 4. The molecule has 1 aromatic heterocycles. The normalized spacial score (nSPS) is 20.4. The molecule has 22 heavy (non-hydrogen) atoms. The molecule has 2 aliphatic rings. The van der Waals surface area contributed by atoms with E-state index in [1.165, 1.54) is 5.69 Å². The molecule has 0 saturated heterocycles. The molecular formula is C15H23ClN4O2. The van der Waals surface area contributed by atoms with E-state index in [-0.39, 0.29) is 31.0 Å². The van der Waals surface area contributed by atoms with E-state index in [4.69, 9.17) is 0 Å². The minimum Gasteiger partial charge on any atom is -0.394 e. The lowest BCUT2D eigenvalue weighted by Gasteiger charge is -2.22. The van der Waals surface area contributed by atoms with Crippen LogP contribution in [0.2, 0.25) is 0 Å². The number of fused-ring (bicyclic) bond motifs is 1. The Kier molecular flexibility index (Phi) is 5.99. The van der Waals surface area contributed by atoms with E-state index >= 15 is 0 Å². The fourth-order valence-electron chi connectivity index (χ4n) is 2.94. The molecule has 0 fully saturated rings. The van der Waals surface area contributed by atoms with Crippen molar-refractivity contribution >= 4 is 18.3 Å². The second-order valence-corrected chi connectivity index (χ2v) is 5.60. The van der Waals surface area contributed by atoms with E-state index in [0.29, 0.717) is 19.4 Å². The summed E-state index contributed by atoms with van der Waals surface area (Å²) in [6.07, 6.45) is 6.02. The molecule has 1 amide bonds. The van der Waals surface area contributed by atoms with Crippen LogP contribution in [0, 0.1) is 0 Å². The number of hydrogen-bond donors (Lipinski definition) is 2. The fourth-order valence-corrected chi connectivity index (χ4v) is 2.94. The third-order valence-corrected chi connectivity index (χ3v) is 4.11. The average Bonchev–Trinajstić information content (AvgIpc) is 3.07. The summed E-state index contributed by atoms with van der Waals surface area (Å²) >= 11 is 0. The number of aliphatic hydroxyl groups excluding tert-OH is 1. The number of halogens is 1. The Morgan fingerprint density at radius 1 is 1.50 bits per heavy atom. The molecule has 1 unspecified atom stereocenters. The molecule has 2 aliphatic heterocycles. The maximum absolute atomic E-state index is 12.2. The number of nitrogens with one attached hydrogen (secondary N) is 1. The smallest absolute Gasteiger partial charge is 0.223 e. The first kappa shape index (κ1) is 17.0. The zero-order chi connectivity index (χ0) is 14.7. The molecular weight excluding hydrogens is 304 g/mol. The zero-order valence-corrected chi connectivity index (χ0v) is 13.4. The number of aliphatic hydroxyl groups is 1. The van der Waals surface area contributed by atoms with Gasteiger partial charge in [-0.3, -0.25) is 9.48 Å². The molecule has 3 rings (SSSR count). The summed E-state index contributed by atoms with van der Waals surface area (Å²) in [7, 11) is 0. The summed E-state index contributed by atoms with van der Waals surface area (Å²) in [4.78, 5) is 13.9. The number of aryl methyl sites for hydroxylation is 2. The first-order chi connectivity index (χ1) is 10.3. The van der Waals surface area contributed by atoms with Crippen LogP contribution in [0.5, 0.6) is 0 Å². The van der Waals surface area contributed by atoms with Crippen molar-refractivity contribution in [2.24, 2.45) is 0 Å². The Labute approximate surface area is 136 Å². The van der Waals surface area contributed by atoms with Gasteiger partial charge in [-0.2, -0.15) is 5.10 Å². The third kappa shape index (κ3) is 3.69. The number of aromatic nitrogens is 2. The Hall–Kier alpha value is -1.37. The molecule has 0 aromatic carbocycles. The summed E-state index contributed by atoms with van der Waals surface area (Å²) in [6, 6.07) is 1.94. The van der Waals surface area contributed by atoms with Gasteiger partial charge in [0.1, 0.15) is 0 Å². The standard InChI is InChI=1S/C15H22N4O2.ClH/c20-11-13-3-1-7-18(13)15(21)5-4-12-9-14-10-16-6-2-8-19(14)17-12;/h1,3,9,13,16,20H,2,4-8,10-11H2;1H. The molecule has 0 aliphatic carbocycles. The van der Waals surface area contributed by atoms with Gasteiger partial charge in [-0.05, 0) is 19.0 Å². The van der Waals surface area contributed by atoms with Crippen molar-refractivity contribution in [3.8, 4) is 0 Å². The highest BCUT2D eigenvalue weighted by Crippen LogP contribution is 2.14. The quantitative estimate of drug-likeness (QED) is 0.790. The lowest BCUT2D eigenvalue weighted by molar-refractivity contribution is -0.132. The molecule has 0 spiro atoms. The van der Waals surface area contributed by atoms with E-state index in [9.17, 15) is 9.90 Å². The Morgan fingerprint density at radius 2 is 2.36 bits per heavy atom. The van der Waals surface area contributed by atoms with Crippen molar-refractivity contribution in [3.05, 3.63) is 29.6 Å². The highest BCUT2D eigenvalue weighted by atomic mass is 35.5. The summed E-state index contributed by atoms with van der Waals surface area (Å²) in [6.45, 7) is 3.42. The molecule has 0 bridgehead atoms. The Morgan fingerprint density at radius 3 is 3.18 bits per heavy atom. The summed E-state index contributed by atoms with van der Waals surface area (Å²) < 4.78 is 2.05. The van der Waals surface area contributed by atoms with Crippen molar-refractivity contribution in [1.29, 1.82) is 0 Å². The molecule has 6 nitrogen and oxygen atoms in total. The van der Waals surface area contributed by atoms with Crippen molar-refractivity contribution in [1.82, 2.24) is 20.0 Å².